The fourth-order valence-electron chi connectivity index (χ4n) is 1.09. The zero-order chi connectivity index (χ0) is 10.7. The molecule has 1 unspecified atom stereocenters. The molecule has 0 aliphatic rings. The highest BCUT2D eigenvalue weighted by molar-refractivity contribution is 9.09. The smallest absolute Gasteiger partial charge is 0.163 e. The van der Waals surface area contributed by atoms with E-state index >= 15 is 0 Å². The second-order valence-electron chi connectivity index (χ2n) is 2.72. The first-order chi connectivity index (χ1) is 6.60. The van der Waals surface area contributed by atoms with Crippen molar-refractivity contribution < 1.29 is 14.9 Å². The van der Waals surface area contributed by atoms with Gasteiger partial charge in [-0.3, -0.25) is 0 Å². The number of hydrogen-bond donors (Lipinski definition) is 2. The van der Waals surface area contributed by atoms with Crippen LogP contribution in [0.1, 0.15) is 11.7 Å². The summed E-state index contributed by atoms with van der Waals surface area (Å²) in [4.78, 5) is 0. The molecule has 5 heteroatoms. The SMILES string of the molecule is COc1cc(Cl)cc(C(O)CBr)c1O. The van der Waals surface area contributed by atoms with E-state index in [1.807, 2.05) is 0 Å². The molecule has 78 valence electrons. The molecule has 1 aromatic rings. The average Bonchev–Trinajstić information content (AvgIpc) is 2.19. The van der Waals surface area contributed by atoms with E-state index in [0.717, 1.165) is 0 Å². The van der Waals surface area contributed by atoms with Crippen LogP contribution in [0.5, 0.6) is 11.5 Å². The van der Waals surface area contributed by atoms with E-state index in [2.05, 4.69) is 15.9 Å². The molecule has 0 amide bonds. The van der Waals surface area contributed by atoms with E-state index < -0.39 is 6.10 Å². The molecule has 1 aromatic carbocycles. The molecule has 0 radical (unpaired) electrons. The van der Waals surface area contributed by atoms with Crippen molar-refractivity contribution in [2.45, 2.75) is 6.10 Å². The van der Waals surface area contributed by atoms with Crippen molar-refractivity contribution in [2.24, 2.45) is 0 Å². The van der Waals surface area contributed by atoms with Crippen LogP contribution in [0.25, 0.3) is 0 Å². The Morgan fingerprint density at radius 2 is 2.21 bits per heavy atom. The number of alkyl halides is 1. The zero-order valence-corrected chi connectivity index (χ0v) is 9.84. The number of aliphatic hydroxyl groups is 1. The Bertz CT molecular complexity index is 330. The summed E-state index contributed by atoms with van der Waals surface area (Å²) < 4.78 is 4.90. The van der Waals surface area contributed by atoms with Gasteiger partial charge in [0.25, 0.3) is 0 Å². The van der Waals surface area contributed by atoms with Crippen molar-refractivity contribution in [3.8, 4) is 11.5 Å². The molecule has 0 aliphatic carbocycles. The lowest BCUT2D eigenvalue weighted by atomic mass is 10.1. The maximum atomic E-state index is 9.65. The van der Waals surface area contributed by atoms with Gasteiger partial charge in [-0.1, -0.05) is 27.5 Å². The van der Waals surface area contributed by atoms with Gasteiger partial charge in [-0.2, -0.15) is 0 Å². The highest BCUT2D eigenvalue weighted by Crippen LogP contribution is 2.37. The highest BCUT2D eigenvalue weighted by atomic mass is 79.9. The fourth-order valence-corrected chi connectivity index (χ4v) is 1.65. The van der Waals surface area contributed by atoms with Crippen molar-refractivity contribution in [1.82, 2.24) is 0 Å². The van der Waals surface area contributed by atoms with Gasteiger partial charge >= 0.3 is 0 Å². The highest BCUT2D eigenvalue weighted by Gasteiger charge is 2.16. The quantitative estimate of drug-likeness (QED) is 0.837. The van der Waals surface area contributed by atoms with Crippen LogP contribution in [-0.2, 0) is 0 Å². The third-order valence-corrected chi connectivity index (χ3v) is 2.63. The molecular weight excluding hydrogens is 271 g/mol. The van der Waals surface area contributed by atoms with Gasteiger partial charge < -0.3 is 14.9 Å². The number of phenols is 1. The molecule has 14 heavy (non-hydrogen) atoms. The van der Waals surface area contributed by atoms with Gasteiger partial charge in [-0.25, -0.2) is 0 Å². The lowest BCUT2D eigenvalue weighted by molar-refractivity contribution is 0.199. The van der Waals surface area contributed by atoms with Crippen molar-refractivity contribution in [2.75, 3.05) is 12.4 Å². The summed E-state index contributed by atoms with van der Waals surface area (Å²) >= 11 is 8.90. The van der Waals surface area contributed by atoms with Crippen molar-refractivity contribution in [1.29, 1.82) is 0 Å². The zero-order valence-electron chi connectivity index (χ0n) is 7.50. The normalized spacial score (nSPS) is 12.6. The fraction of sp³-hybridized carbons (Fsp3) is 0.333. The molecule has 0 fully saturated rings. The summed E-state index contributed by atoms with van der Waals surface area (Å²) in [5, 5.41) is 19.9. The number of hydrogen-bond acceptors (Lipinski definition) is 3. The second-order valence-corrected chi connectivity index (χ2v) is 3.80. The summed E-state index contributed by atoms with van der Waals surface area (Å²) in [6.45, 7) is 0. The summed E-state index contributed by atoms with van der Waals surface area (Å²) in [6, 6.07) is 2.99. The average molecular weight is 282 g/mol. The number of halogens is 2. The van der Waals surface area contributed by atoms with E-state index in [-0.39, 0.29) is 11.5 Å². The van der Waals surface area contributed by atoms with Gasteiger partial charge in [0.05, 0.1) is 13.2 Å². The van der Waals surface area contributed by atoms with Crippen molar-refractivity contribution in [3.63, 3.8) is 0 Å². The lowest BCUT2D eigenvalue weighted by Gasteiger charge is -2.12. The first-order valence-corrected chi connectivity index (χ1v) is 5.40. The number of ether oxygens (including phenoxy) is 1. The molecule has 2 N–H and O–H groups in total. The molecular formula is C9H10BrClO3. The molecule has 0 heterocycles. The number of aliphatic hydroxyl groups excluding tert-OH is 1. The number of benzene rings is 1. The van der Waals surface area contributed by atoms with E-state index in [9.17, 15) is 10.2 Å². The monoisotopic (exact) mass is 280 g/mol. The first-order valence-electron chi connectivity index (χ1n) is 3.90. The Kier molecular flexibility index (Phi) is 4.04. The minimum atomic E-state index is -0.803. The Morgan fingerprint density at radius 3 is 2.71 bits per heavy atom. The topological polar surface area (TPSA) is 49.7 Å². The Hall–Kier alpha value is -0.450. The maximum absolute atomic E-state index is 9.65. The molecule has 0 aliphatic heterocycles. The molecule has 3 nitrogen and oxygen atoms in total. The molecule has 1 atom stereocenters. The van der Waals surface area contributed by atoms with E-state index in [4.69, 9.17) is 16.3 Å². The van der Waals surface area contributed by atoms with Crippen LogP contribution in [0.15, 0.2) is 12.1 Å². The number of rotatable bonds is 3. The molecule has 0 bridgehead atoms. The summed E-state index contributed by atoms with van der Waals surface area (Å²) in [5.74, 6) is 0.177. The number of phenolic OH excluding ortho intramolecular Hbond substituents is 1. The van der Waals surface area contributed by atoms with Gasteiger partial charge in [0, 0.05) is 22.0 Å². The second kappa shape index (κ2) is 4.87. The van der Waals surface area contributed by atoms with Gasteiger partial charge in [-0.15, -0.1) is 0 Å². The first kappa shape index (κ1) is 11.6. The van der Waals surface area contributed by atoms with Crippen molar-refractivity contribution >= 4 is 27.5 Å². The largest absolute Gasteiger partial charge is 0.504 e. The minimum Gasteiger partial charge on any atom is -0.504 e. The third kappa shape index (κ3) is 2.32. The van der Waals surface area contributed by atoms with Crippen LogP contribution >= 0.6 is 27.5 Å². The summed E-state index contributed by atoms with van der Waals surface area (Å²) in [7, 11) is 1.43. The summed E-state index contributed by atoms with van der Waals surface area (Å²) in [6.07, 6.45) is -0.803. The molecule has 0 saturated carbocycles. The van der Waals surface area contributed by atoms with Crippen LogP contribution in [0.3, 0.4) is 0 Å². The molecule has 0 saturated heterocycles. The predicted octanol–water partition coefficient (Wildman–Crippen LogP) is 2.48. The lowest BCUT2D eigenvalue weighted by Crippen LogP contribution is -2.00. The minimum absolute atomic E-state index is 0.0798. The molecule has 0 spiro atoms. The van der Waals surface area contributed by atoms with E-state index in [1.54, 1.807) is 0 Å². The van der Waals surface area contributed by atoms with Crippen LogP contribution in [0, 0.1) is 0 Å². The van der Waals surface area contributed by atoms with Crippen molar-refractivity contribution in [3.05, 3.63) is 22.7 Å². The maximum Gasteiger partial charge on any atom is 0.163 e. The molecule has 1 rings (SSSR count). The molecule has 0 aromatic heterocycles. The predicted molar refractivity (Wildman–Crippen MR) is 58.4 cm³/mol. The number of methoxy groups -OCH3 is 1. The van der Waals surface area contributed by atoms with Gasteiger partial charge in [0.15, 0.2) is 11.5 Å². The van der Waals surface area contributed by atoms with Gasteiger partial charge in [0.2, 0.25) is 0 Å². The van der Waals surface area contributed by atoms with Crippen LogP contribution in [0.2, 0.25) is 5.02 Å². The van der Waals surface area contributed by atoms with Gasteiger partial charge in [0.1, 0.15) is 0 Å². The standard InChI is InChI=1S/C9H10BrClO3/c1-14-8-3-5(11)2-6(9(8)13)7(12)4-10/h2-3,7,12-13H,4H2,1H3. The Morgan fingerprint density at radius 1 is 1.57 bits per heavy atom. The van der Waals surface area contributed by atoms with Gasteiger partial charge in [-0.05, 0) is 6.07 Å². The van der Waals surface area contributed by atoms with E-state index in [1.165, 1.54) is 19.2 Å². The Balaban J connectivity index is 3.21. The van der Waals surface area contributed by atoms with Crippen LogP contribution < -0.4 is 4.74 Å². The van der Waals surface area contributed by atoms with Crippen LogP contribution in [-0.4, -0.2) is 22.7 Å². The Labute approximate surface area is 95.4 Å². The number of aromatic hydroxyl groups is 1. The van der Waals surface area contributed by atoms with Crippen LogP contribution in [0.4, 0.5) is 0 Å². The third-order valence-electron chi connectivity index (χ3n) is 1.79. The van der Waals surface area contributed by atoms with E-state index in [0.29, 0.717) is 15.9 Å². The summed E-state index contributed by atoms with van der Waals surface area (Å²) in [5.41, 5.74) is 0.353.